The van der Waals surface area contributed by atoms with E-state index in [-0.39, 0.29) is 0 Å². The van der Waals surface area contributed by atoms with Crippen molar-refractivity contribution in [3.8, 4) is 0 Å². The van der Waals surface area contributed by atoms with Gasteiger partial charge >= 0.3 is 0 Å². The zero-order chi connectivity index (χ0) is 9.19. The summed E-state index contributed by atoms with van der Waals surface area (Å²) in [6, 6.07) is 0.681. The fraction of sp³-hybridized carbons (Fsp3) is 1.00. The van der Waals surface area contributed by atoms with Crippen molar-refractivity contribution in [1.82, 2.24) is 10.2 Å². The zero-order valence-electron chi connectivity index (χ0n) is 8.85. The molecule has 1 aliphatic carbocycles. The molecule has 0 aromatic rings. The van der Waals surface area contributed by atoms with Gasteiger partial charge in [-0.1, -0.05) is 6.92 Å². The van der Waals surface area contributed by atoms with E-state index in [2.05, 4.69) is 38.0 Å². The number of nitrogens with one attached hydrogen (secondary N) is 1. The van der Waals surface area contributed by atoms with Gasteiger partial charge in [-0.3, -0.25) is 4.90 Å². The normalized spacial score (nSPS) is 20.5. The van der Waals surface area contributed by atoms with Crippen LogP contribution in [0.1, 0.15) is 33.6 Å². The lowest BCUT2D eigenvalue weighted by Gasteiger charge is -2.29. The Bertz CT molecular complexity index is 139. The number of nitrogens with zero attached hydrogens (tertiary/aromatic N) is 1. The molecule has 1 saturated carbocycles. The summed E-state index contributed by atoms with van der Waals surface area (Å²) in [5, 5.41) is 3.43. The standard InChI is InChI=1S/C10H22N2/c1-5-12(9(2)3)8-10(11-4)6-7-10/h9,11H,5-8H2,1-4H3. The lowest BCUT2D eigenvalue weighted by Crippen LogP contribution is -2.44. The quantitative estimate of drug-likeness (QED) is 0.672. The Morgan fingerprint density at radius 1 is 1.42 bits per heavy atom. The van der Waals surface area contributed by atoms with Crippen LogP contribution in [-0.4, -0.2) is 36.6 Å². The van der Waals surface area contributed by atoms with Gasteiger partial charge in [-0.05, 0) is 40.3 Å². The van der Waals surface area contributed by atoms with Crippen molar-refractivity contribution < 1.29 is 0 Å². The second-order valence-corrected chi connectivity index (χ2v) is 4.19. The van der Waals surface area contributed by atoms with E-state index < -0.39 is 0 Å². The Hall–Kier alpha value is -0.0800. The first-order valence-corrected chi connectivity index (χ1v) is 5.06. The van der Waals surface area contributed by atoms with E-state index in [1.54, 1.807) is 0 Å². The molecular weight excluding hydrogens is 148 g/mol. The molecule has 0 radical (unpaired) electrons. The van der Waals surface area contributed by atoms with Crippen molar-refractivity contribution >= 4 is 0 Å². The molecule has 0 aliphatic heterocycles. The molecule has 1 fully saturated rings. The van der Waals surface area contributed by atoms with Crippen LogP contribution >= 0.6 is 0 Å². The van der Waals surface area contributed by atoms with E-state index in [1.165, 1.54) is 25.9 Å². The van der Waals surface area contributed by atoms with Gasteiger partial charge in [0.25, 0.3) is 0 Å². The molecule has 0 aromatic heterocycles. The van der Waals surface area contributed by atoms with Crippen molar-refractivity contribution in [1.29, 1.82) is 0 Å². The molecule has 0 unspecified atom stereocenters. The van der Waals surface area contributed by atoms with Crippen LogP contribution in [0.5, 0.6) is 0 Å². The Labute approximate surface area is 76.3 Å². The molecule has 2 nitrogen and oxygen atoms in total. The maximum atomic E-state index is 3.43. The largest absolute Gasteiger partial charge is 0.313 e. The SMILES string of the molecule is CCN(CC1(NC)CC1)C(C)C. The molecule has 0 atom stereocenters. The van der Waals surface area contributed by atoms with E-state index in [4.69, 9.17) is 0 Å². The van der Waals surface area contributed by atoms with Gasteiger partial charge in [0.2, 0.25) is 0 Å². The fourth-order valence-electron chi connectivity index (χ4n) is 1.69. The van der Waals surface area contributed by atoms with Gasteiger partial charge in [0, 0.05) is 18.1 Å². The number of rotatable bonds is 5. The van der Waals surface area contributed by atoms with Gasteiger partial charge in [-0.25, -0.2) is 0 Å². The molecule has 0 saturated heterocycles. The van der Waals surface area contributed by atoms with E-state index in [0.29, 0.717) is 11.6 Å². The van der Waals surface area contributed by atoms with Crippen molar-refractivity contribution in [3.05, 3.63) is 0 Å². The third-order valence-electron chi connectivity index (χ3n) is 3.03. The van der Waals surface area contributed by atoms with Crippen LogP contribution in [-0.2, 0) is 0 Å². The molecule has 1 N–H and O–H groups in total. The van der Waals surface area contributed by atoms with E-state index in [0.717, 1.165) is 0 Å². The van der Waals surface area contributed by atoms with E-state index in [9.17, 15) is 0 Å². The summed E-state index contributed by atoms with van der Waals surface area (Å²) < 4.78 is 0. The van der Waals surface area contributed by atoms with Gasteiger partial charge in [0.05, 0.1) is 0 Å². The number of hydrogen-bond donors (Lipinski definition) is 1. The molecule has 2 heteroatoms. The molecule has 0 heterocycles. The molecule has 12 heavy (non-hydrogen) atoms. The first-order valence-electron chi connectivity index (χ1n) is 5.06. The molecule has 0 amide bonds. The molecule has 0 spiro atoms. The summed E-state index contributed by atoms with van der Waals surface area (Å²) in [6.07, 6.45) is 2.71. The Morgan fingerprint density at radius 2 is 2.00 bits per heavy atom. The lowest BCUT2D eigenvalue weighted by atomic mass is 10.2. The highest BCUT2D eigenvalue weighted by atomic mass is 15.2. The smallest absolute Gasteiger partial charge is 0.0307 e. The summed E-state index contributed by atoms with van der Waals surface area (Å²) in [4.78, 5) is 2.53. The average Bonchev–Trinajstić information content (AvgIpc) is 2.80. The zero-order valence-corrected chi connectivity index (χ0v) is 8.85. The minimum atomic E-state index is 0.472. The average molecular weight is 170 g/mol. The van der Waals surface area contributed by atoms with Gasteiger partial charge in [0.1, 0.15) is 0 Å². The number of hydrogen-bond acceptors (Lipinski definition) is 2. The first kappa shape index (κ1) is 10.0. The van der Waals surface area contributed by atoms with E-state index >= 15 is 0 Å². The minimum Gasteiger partial charge on any atom is -0.313 e. The minimum absolute atomic E-state index is 0.472. The Balaban J connectivity index is 2.37. The molecule has 0 aromatic carbocycles. The third kappa shape index (κ3) is 2.20. The topological polar surface area (TPSA) is 15.3 Å². The second-order valence-electron chi connectivity index (χ2n) is 4.19. The predicted octanol–water partition coefficient (Wildman–Crippen LogP) is 1.47. The van der Waals surface area contributed by atoms with E-state index in [1.807, 2.05) is 0 Å². The molecule has 0 bridgehead atoms. The highest BCUT2D eigenvalue weighted by Gasteiger charge is 2.42. The van der Waals surface area contributed by atoms with Crippen molar-refractivity contribution in [2.75, 3.05) is 20.1 Å². The molecular formula is C10H22N2. The van der Waals surface area contributed by atoms with Crippen molar-refractivity contribution in [2.45, 2.75) is 45.2 Å². The monoisotopic (exact) mass is 170 g/mol. The highest BCUT2D eigenvalue weighted by molar-refractivity contribution is 5.03. The maximum absolute atomic E-state index is 3.43. The van der Waals surface area contributed by atoms with Crippen LogP contribution in [0.25, 0.3) is 0 Å². The van der Waals surface area contributed by atoms with Crippen LogP contribution in [0.2, 0.25) is 0 Å². The van der Waals surface area contributed by atoms with Crippen molar-refractivity contribution in [3.63, 3.8) is 0 Å². The van der Waals surface area contributed by atoms with Crippen LogP contribution in [0, 0.1) is 0 Å². The second kappa shape index (κ2) is 3.75. The molecule has 1 aliphatic rings. The summed E-state index contributed by atoms with van der Waals surface area (Å²) in [6.45, 7) is 9.18. The molecule has 1 rings (SSSR count). The van der Waals surface area contributed by atoms with Gasteiger partial charge in [-0.2, -0.15) is 0 Å². The fourth-order valence-corrected chi connectivity index (χ4v) is 1.69. The first-order chi connectivity index (χ1) is 5.63. The summed E-state index contributed by atoms with van der Waals surface area (Å²) in [5.41, 5.74) is 0.472. The molecule has 72 valence electrons. The third-order valence-corrected chi connectivity index (χ3v) is 3.03. The highest BCUT2D eigenvalue weighted by Crippen LogP contribution is 2.35. The summed E-state index contributed by atoms with van der Waals surface area (Å²) in [5.74, 6) is 0. The van der Waals surface area contributed by atoms with Gasteiger partial charge in [0.15, 0.2) is 0 Å². The summed E-state index contributed by atoms with van der Waals surface area (Å²) >= 11 is 0. The summed E-state index contributed by atoms with van der Waals surface area (Å²) in [7, 11) is 2.08. The Morgan fingerprint density at radius 3 is 2.25 bits per heavy atom. The van der Waals surface area contributed by atoms with Crippen molar-refractivity contribution in [2.24, 2.45) is 0 Å². The van der Waals surface area contributed by atoms with Crippen LogP contribution < -0.4 is 5.32 Å². The Kier molecular flexibility index (Phi) is 3.13. The lowest BCUT2D eigenvalue weighted by molar-refractivity contribution is 0.203. The van der Waals surface area contributed by atoms with Crippen LogP contribution in [0.3, 0.4) is 0 Å². The van der Waals surface area contributed by atoms with Crippen LogP contribution in [0.15, 0.2) is 0 Å². The van der Waals surface area contributed by atoms with Gasteiger partial charge in [-0.15, -0.1) is 0 Å². The predicted molar refractivity (Wildman–Crippen MR) is 53.4 cm³/mol. The maximum Gasteiger partial charge on any atom is 0.0307 e. The number of likely N-dealkylation sites (N-methyl/N-ethyl adjacent to an activating group) is 2. The van der Waals surface area contributed by atoms with Gasteiger partial charge < -0.3 is 5.32 Å². The van der Waals surface area contributed by atoms with Crippen LogP contribution in [0.4, 0.5) is 0 Å².